The molecule has 104 valence electrons. The largest absolute Gasteiger partial charge is 0.493 e. The molecule has 3 rings (SSSR count). The summed E-state index contributed by atoms with van der Waals surface area (Å²) in [6, 6.07) is 8.42. The van der Waals surface area contributed by atoms with Gasteiger partial charge in [-0.1, -0.05) is 22.0 Å². The molecule has 0 spiro atoms. The number of aromatic nitrogens is 1. The third-order valence-electron chi connectivity index (χ3n) is 3.44. The second kappa shape index (κ2) is 5.94. The lowest BCUT2D eigenvalue weighted by atomic mass is 10.1. The average molecular weight is 333 g/mol. The lowest BCUT2D eigenvalue weighted by molar-refractivity contribution is 0.352. The number of rotatable bonds is 4. The van der Waals surface area contributed by atoms with Gasteiger partial charge in [0, 0.05) is 41.4 Å². The summed E-state index contributed by atoms with van der Waals surface area (Å²) in [5.74, 6) is 1.06. The van der Waals surface area contributed by atoms with Gasteiger partial charge in [-0.05, 0) is 36.2 Å². The van der Waals surface area contributed by atoms with Crippen molar-refractivity contribution in [2.75, 3.05) is 6.61 Å². The normalized spacial score (nSPS) is 13.1. The minimum absolute atomic E-state index is 0.792. The van der Waals surface area contributed by atoms with Crippen LogP contribution in [0.2, 0.25) is 0 Å². The second-order valence-corrected chi connectivity index (χ2v) is 5.98. The maximum atomic E-state index is 5.73. The van der Waals surface area contributed by atoms with Gasteiger partial charge in [0.05, 0.1) is 6.61 Å². The number of nitrogens with one attached hydrogen (secondary N) is 1. The van der Waals surface area contributed by atoms with Crippen LogP contribution in [0.1, 0.15) is 22.4 Å². The van der Waals surface area contributed by atoms with E-state index in [1.165, 1.54) is 16.7 Å². The maximum Gasteiger partial charge on any atom is 0.127 e. The lowest BCUT2D eigenvalue weighted by Crippen LogP contribution is -2.13. The first-order chi connectivity index (χ1) is 9.72. The highest BCUT2D eigenvalue weighted by atomic mass is 79.9. The zero-order chi connectivity index (χ0) is 13.9. The van der Waals surface area contributed by atoms with Crippen LogP contribution in [-0.2, 0) is 19.5 Å². The molecule has 0 unspecified atom stereocenters. The van der Waals surface area contributed by atoms with E-state index in [-0.39, 0.29) is 0 Å². The van der Waals surface area contributed by atoms with E-state index in [0.717, 1.165) is 42.0 Å². The predicted molar refractivity (Wildman–Crippen MR) is 82.9 cm³/mol. The van der Waals surface area contributed by atoms with Crippen LogP contribution in [0.25, 0.3) is 0 Å². The molecule has 0 aliphatic carbocycles. The SMILES string of the molecule is Cc1ccc(CNCc2cc(Br)cc3c2OCC3)cn1. The molecule has 2 heterocycles. The molecule has 2 aromatic rings. The molecule has 0 saturated heterocycles. The van der Waals surface area contributed by atoms with Crippen molar-refractivity contribution < 1.29 is 4.74 Å². The highest BCUT2D eigenvalue weighted by Gasteiger charge is 2.16. The summed E-state index contributed by atoms with van der Waals surface area (Å²) in [6.07, 6.45) is 2.92. The second-order valence-electron chi connectivity index (χ2n) is 5.06. The Hall–Kier alpha value is -1.39. The van der Waals surface area contributed by atoms with Crippen LogP contribution in [-0.4, -0.2) is 11.6 Å². The summed E-state index contributed by atoms with van der Waals surface area (Å²) in [6.45, 7) is 4.41. The fraction of sp³-hybridized carbons (Fsp3) is 0.312. The van der Waals surface area contributed by atoms with Crippen LogP contribution >= 0.6 is 15.9 Å². The molecule has 1 aliphatic rings. The molecule has 0 radical (unpaired) electrons. The van der Waals surface area contributed by atoms with Crippen molar-refractivity contribution in [1.29, 1.82) is 0 Å². The molecular weight excluding hydrogens is 316 g/mol. The van der Waals surface area contributed by atoms with Gasteiger partial charge >= 0.3 is 0 Å². The summed E-state index contributed by atoms with van der Waals surface area (Å²) < 4.78 is 6.85. The van der Waals surface area contributed by atoms with E-state index >= 15 is 0 Å². The van der Waals surface area contributed by atoms with Crippen molar-refractivity contribution in [2.45, 2.75) is 26.4 Å². The number of ether oxygens (including phenoxy) is 1. The number of aryl methyl sites for hydroxylation is 1. The molecule has 3 nitrogen and oxygen atoms in total. The Kier molecular flexibility index (Phi) is 4.03. The van der Waals surface area contributed by atoms with Gasteiger partial charge in [-0.25, -0.2) is 0 Å². The van der Waals surface area contributed by atoms with Crippen molar-refractivity contribution in [3.8, 4) is 5.75 Å². The van der Waals surface area contributed by atoms with E-state index < -0.39 is 0 Å². The molecule has 0 fully saturated rings. The average Bonchev–Trinajstić information content (AvgIpc) is 2.89. The predicted octanol–water partition coefficient (Wildman–Crippen LogP) is 3.38. The van der Waals surface area contributed by atoms with Crippen LogP contribution in [0.4, 0.5) is 0 Å². The Morgan fingerprint density at radius 3 is 3.00 bits per heavy atom. The monoisotopic (exact) mass is 332 g/mol. The Labute approximate surface area is 127 Å². The van der Waals surface area contributed by atoms with Crippen molar-refractivity contribution in [2.24, 2.45) is 0 Å². The van der Waals surface area contributed by atoms with Crippen molar-refractivity contribution in [3.63, 3.8) is 0 Å². The summed E-state index contributed by atoms with van der Waals surface area (Å²) in [5, 5.41) is 3.45. The molecule has 1 N–H and O–H groups in total. The fourth-order valence-corrected chi connectivity index (χ4v) is 2.97. The molecule has 1 aromatic heterocycles. The molecule has 20 heavy (non-hydrogen) atoms. The van der Waals surface area contributed by atoms with Gasteiger partial charge in [0.25, 0.3) is 0 Å². The van der Waals surface area contributed by atoms with Crippen LogP contribution in [0, 0.1) is 6.92 Å². The maximum absolute atomic E-state index is 5.73. The topological polar surface area (TPSA) is 34.1 Å². The van der Waals surface area contributed by atoms with E-state index in [2.05, 4.69) is 44.4 Å². The number of benzene rings is 1. The number of hydrogen-bond donors (Lipinski definition) is 1. The highest BCUT2D eigenvalue weighted by molar-refractivity contribution is 9.10. The Balaban J connectivity index is 1.65. The smallest absolute Gasteiger partial charge is 0.127 e. The molecule has 1 aromatic carbocycles. The summed E-state index contributed by atoms with van der Waals surface area (Å²) >= 11 is 3.57. The third-order valence-corrected chi connectivity index (χ3v) is 3.90. The number of nitrogens with zero attached hydrogens (tertiary/aromatic N) is 1. The first-order valence-electron chi connectivity index (χ1n) is 6.79. The van der Waals surface area contributed by atoms with Crippen LogP contribution in [0.15, 0.2) is 34.9 Å². The first-order valence-corrected chi connectivity index (χ1v) is 7.58. The van der Waals surface area contributed by atoms with Gasteiger partial charge in [0.15, 0.2) is 0 Å². The summed E-state index contributed by atoms with van der Waals surface area (Å²) in [5.41, 5.74) is 4.76. The Morgan fingerprint density at radius 2 is 2.20 bits per heavy atom. The number of fused-ring (bicyclic) bond motifs is 1. The highest BCUT2D eigenvalue weighted by Crippen LogP contribution is 2.32. The third kappa shape index (κ3) is 3.02. The van der Waals surface area contributed by atoms with Gasteiger partial charge in [-0.3, -0.25) is 4.98 Å². The van der Waals surface area contributed by atoms with Crippen LogP contribution < -0.4 is 10.1 Å². The van der Waals surface area contributed by atoms with Crippen LogP contribution in [0.3, 0.4) is 0 Å². The molecule has 1 aliphatic heterocycles. The van der Waals surface area contributed by atoms with Gasteiger partial charge < -0.3 is 10.1 Å². The van der Waals surface area contributed by atoms with E-state index in [1.54, 1.807) is 0 Å². The number of pyridine rings is 1. The van der Waals surface area contributed by atoms with Crippen LogP contribution in [0.5, 0.6) is 5.75 Å². The quantitative estimate of drug-likeness (QED) is 0.931. The summed E-state index contributed by atoms with van der Waals surface area (Å²) in [7, 11) is 0. The molecule has 0 saturated carbocycles. The Bertz CT molecular complexity index is 611. The van der Waals surface area contributed by atoms with E-state index in [9.17, 15) is 0 Å². The standard InChI is InChI=1S/C16H17BrN2O/c1-11-2-3-12(9-19-11)8-18-10-14-7-15(17)6-13-4-5-20-16(13)14/h2-3,6-7,9,18H,4-5,8,10H2,1H3. The zero-order valence-corrected chi connectivity index (χ0v) is 13.0. The minimum atomic E-state index is 0.792. The number of hydrogen-bond acceptors (Lipinski definition) is 3. The molecule has 4 heteroatoms. The molecule has 0 amide bonds. The van der Waals surface area contributed by atoms with Crippen molar-refractivity contribution in [3.05, 3.63) is 57.3 Å². The molecule has 0 atom stereocenters. The minimum Gasteiger partial charge on any atom is -0.493 e. The van der Waals surface area contributed by atoms with Crippen molar-refractivity contribution >= 4 is 15.9 Å². The van der Waals surface area contributed by atoms with E-state index in [1.807, 2.05) is 19.2 Å². The fourth-order valence-electron chi connectivity index (χ4n) is 2.42. The summed E-state index contributed by atoms with van der Waals surface area (Å²) in [4.78, 5) is 4.30. The molecule has 0 bridgehead atoms. The zero-order valence-electron chi connectivity index (χ0n) is 11.4. The van der Waals surface area contributed by atoms with Gasteiger partial charge in [-0.15, -0.1) is 0 Å². The number of halogens is 1. The van der Waals surface area contributed by atoms with Crippen molar-refractivity contribution in [1.82, 2.24) is 10.3 Å². The van der Waals surface area contributed by atoms with E-state index in [0.29, 0.717) is 0 Å². The van der Waals surface area contributed by atoms with E-state index in [4.69, 9.17) is 4.74 Å². The lowest BCUT2D eigenvalue weighted by Gasteiger charge is -2.10. The Morgan fingerprint density at radius 1 is 1.30 bits per heavy atom. The first kappa shape index (κ1) is 13.6. The molecular formula is C16H17BrN2O. The van der Waals surface area contributed by atoms with Gasteiger partial charge in [-0.2, -0.15) is 0 Å². The van der Waals surface area contributed by atoms with Gasteiger partial charge in [0.1, 0.15) is 5.75 Å². The van der Waals surface area contributed by atoms with Gasteiger partial charge in [0.2, 0.25) is 0 Å².